The van der Waals surface area contributed by atoms with E-state index in [1.165, 1.54) is 7.05 Å². The number of methoxy groups -OCH3 is 1. The highest BCUT2D eigenvalue weighted by atomic mass is 32.2. The van der Waals surface area contributed by atoms with Crippen molar-refractivity contribution in [2.45, 2.75) is 17.7 Å². The normalized spacial score (nSPS) is 14.8. The Morgan fingerprint density at radius 3 is 2.56 bits per heavy atom. The summed E-state index contributed by atoms with van der Waals surface area (Å²) in [6.45, 7) is 1.97. The van der Waals surface area contributed by atoms with Crippen LogP contribution < -0.4 is 14.4 Å². The van der Waals surface area contributed by atoms with Gasteiger partial charge in [-0.25, -0.2) is 13.1 Å². The van der Waals surface area contributed by atoms with Gasteiger partial charge in [0, 0.05) is 40.9 Å². The van der Waals surface area contributed by atoms with E-state index < -0.39 is 10.0 Å². The fourth-order valence-corrected chi connectivity index (χ4v) is 4.39. The van der Waals surface area contributed by atoms with Gasteiger partial charge in [0.15, 0.2) is 0 Å². The van der Waals surface area contributed by atoms with Crippen molar-refractivity contribution >= 4 is 26.6 Å². The molecule has 2 heterocycles. The minimum Gasteiger partial charge on any atom is -0.497 e. The summed E-state index contributed by atoms with van der Waals surface area (Å²) < 4.78 is 32.4. The topological polar surface area (TPSA) is 74.4 Å². The Morgan fingerprint density at radius 1 is 1.07 bits per heavy atom. The first-order valence-corrected chi connectivity index (χ1v) is 10.5. The van der Waals surface area contributed by atoms with Gasteiger partial charge in [0.25, 0.3) is 0 Å². The molecule has 1 aromatic heterocycles. The minimum absolute atomic E-state index is 0.263. The number of sulfonamides is 1. The molecule has 0 bridgehead atoms. The van der Waals surface area contributed by atoms with Crippen molar-refractivity contribution in [1.82, 2.24) is 9.71 Å². The van der Waals surface area contributed by atoms with Gasteiger partial charge in [0.05, 0.1) is 12.0 Å². The molecule has 0 radical (unpaired) electrons. The lowest BCUT2D eigenvalue weighted by atomic mass is 10.1. The smallest absolute Gasteiger partial charge is 0.240 e. The minimum atomic E-state index is -3.51. The number of rotatable bonds is 5. The van der Waals surface area contributed by atoms with Gasteiger partial charge in [-0.15, -0.1) is 0 Å². The lowest BCUT2D eigenvalue weighted by molar-refractivity contribution is 0.415. The lowest BCUT2D eigenvalue weighted by Gasteiger charge is -2.21. The SMILES string of the molecule is CNS(=O)(=O)c1ccc(N2CCCC2)c(-c2cc3cc(OC)ccc3[nH]2)c1. The molecule has 3 aromatic rings. The van der Waals surface area contributed by atoms with E-state index in [0.29, 0.717) is 0 Å². The molecule has 4 rings (SSSR count). The fraction of sp³-hybridized carbons (Fsp3) is 0.300. The van der Waals surface area contributed by atoms with Crippen molar-refractivity contribution in [2.24, 2.45) is 0 Å². The third-order valence-electron chi connectivity index (χ3n) is 5.11. The van der Waals surface area contributed by atoms with Crippen LogP contribution in [0.15, 0.2) is 47.4 Å². The fourth-order valence-electron chi connectivity index (χ4n) is 3.63. The zero-order valence-electron chi connectivity index (χ0n) is 15.5. The number of nitrogens with zero attached hydrogens (tertiary/aromatic N) is 1. The van der Waals surface area contributed by atoms with Gasteiger partial charge in [-0.3, -0.25) is 0 Å². The van der Waals surface area contributed by atoms with Crippen molar-refractivity contribution in [2.75, 3.05) is 32.1 Å². The largest absolute Gasteiger partial charge is 0.497 e. The maximum Gasteiger partial charge on any atom is 0.240 e. The molecule has 0 unspecified atom stereocenters. The van der Waals surface area contributed by atoms with Gasteiger partial charge in [0.1, 0.15) is 5.75 Å². The molecule has 7 heteroatoms. The van der Waals surface area contributed by atoms with Crippen molar-refractivity contribution in [3.63, 3.8) is 0 Å². The van der Waals surface area contributed by atoms with E-state index in [1.54, 1.807) is 19.2 Å². The molecule has 2 N–H and O–H groups in total. The molecule has 0 aliphatic carbocycles. The van der Waals surface area contributed by atoms with Crippen LogP contribution in [0.1, 0.15) is 12.8 Å². The lowest BCUT2D eigenvalue weighted by Crippen LogP contribution is -2.21. The maximum absolute atomic E-state index is 12.3. The van der Waals surface area contributed by atoms with E-state index >= 15 is 0 Å². The quantitative estimate of drug-likeness (QED) is 0.706. The monoisotopic (exact) mass is 385 g/mol. The van der Waals surface area contributed by atoms with Crippen LogP contribution in [0.5, 0.6) is 5.75 Å². The Hall–Kier alpha value is -2.51. The predicted octanol–water partition coefficient (Wildman–Crippen LogP) is 3.35. The molecule has 0 saturated carbocycles. The number of ether oxygens (including phenoxy) is 1. The van der Waals surface area contributed by atoms with Crippen LogP contribution in [-0.4, -0.2) is 40.6 Å². The summed E-state index contributed by atoms with van der Waals surface area (Å²) in [5.74, 6) is 0.791. The number of H-pyrrole nitrogens is 1. The van der Waals surface area contributed by atoms with Crippen molar-refractivity contribution in [1.29, 1.82) is 0 Å². The first-order valence-electron chi connectivity index (χ1n) is 9.01. The van der Waals surface area contributed by atoms with Gasteiger partial charge < -0.3 is 14.6 Å². The summed E-state index contributed by atoms with van der Waals surface area (Å²) in [6, 6.07) is 13.2. The second-order valence-electron chi connectivity index (χ2n) is 6.72. The summed E-state index contributed by atoms with van der Waals surface area (Å²) >= 11 is 0. The second kappa shape index (κ2) is 6.90. The van der Waals surface area contributed by atoms with Crippen LogP contribution >= 0.6 is 0 Å². The van der Waals surface area contributed by atoms with Gasteiger partial charge in [-0.05, 0) is 62.4 Å². The first kappa shape index (κ1) is 17.9. The Bertz CT molecular complexity index is 1080. The average Bonchev–Trinajstić information content (AvgIpc) is 3.36. The highest BCUT2D eigenvalue weighted by Gasteiger charge is 2.21. The van der Waals surface area contributed by atoms with Crippen molar-refractivity contribution in [3.05, 3.63) is 42.5 Å². The number of hydrogen-bond donors (Lipinski definition) is 2. The van der Waals surface area contributed by atoms with Crippen LogP contribution in [0.3, 0.4) is 0 Å². The molecule has 0 atom stereocenters. The molecular formula is C20H23N3O3S. The zero-order valence-corrected chi connectivity index (χ0v) is 16.3. The molecule has 2 aromatic carbocycles. The van der Waals surface area contributed by atoms with E-state index in [0.717, 1.165) is 59.5 Å². The number of hydrogen-bond acceptors (Lipinski definition) is 4. The molecule has 142 valence electrons. The Morgan fingerprint density at radius 2 is 1.85 bits per heavy atom. The number of nitrogens with one attached hydrogen (secondary N) is 2. The van der Waals surface area contributed by atoms with E-state index in [4.69, 9.17) is 4.74 Å². The standard InChI is InChI=1S/C20H23N3O3S/c1-21-27(24,25)16-6-8-20(23-9-3-4-10-23)17(13-16)19-12-14-11-15(26-2)5-7-18(14)22-19/h5-8,11-13,21-22H,3-4,9-10H2,1-2H3. The number of aromatic nitrogens is 1. The summed E-state index contributed by atoms with van der Waals surface area (Å²) in [7, 11) is -0.438. The predicted molar refractivity (Wildman–Crippen MR) is 108 cm³/mol. The Balaban J connectivity index is 1.89. The van der Waals surface area contributed by atoms with Crippen molar-refractivity contribution in [3.8, 4) is 17.0 Å². The van der Waals surface area contributed by atoms with Crippen LogP contribution in [0, 0.1) is 0 Å². The maximum atomic E-state index is 12.3. The van der Waals surface area contributed by atoms with Crippen LogP contribution in [-0.2, 0) is 10.0 Å². The Kier molecular flexibility index (Phi) is 4.57. The Labute approximate surface area is 159 Å². The van der Waals surface area contributed by atoms with Gasteiger partial charge >= 0.3 is 0 Å². The molecular weight excluding hydrogens is 362 g/mol. The summed E-state index contributed by atoms with van der Waals surface area (Å²) in [5, 5.41) is 1.03. The molecule has 1 saturated heterocycles. The third-order valence-corrected chi connectivity index (χ3v) is 6.52. The molecule has 27 heavy (non-hydrogen) atoms. The van der Waals surface area contributed by atoms with E-state index in [9.17, 15) is 8.42 Å². The molecule has 1 aliphatic rings. The number of anilines is 1. The second-order valence-corrected chi connectivity index (χ2v) is 8.60. The summed E-state index contributed by atoms with van der Waals surface area (Å²) in [6.07, 6.45) is 2.31. The number of aromatic amines is 1. The number of fused-ring (bicyclic) bond motifs is 1. The summed E-state index contributed by atoms with van der Waals surface area (Å²) in [4.78, 5) is 6.01. The van der Waals surface area contributed by atoms with Gasteiger partial charge in [-0.2, -0.15) is 0 Å². The van der Waals surface area contributed by atoms with Crippen LogP contribution in [0.4, 0.5) is 5.69 Å². The molecule has 1 aliphatic heterocycles. The van der Waals surface area contributed by atoms with Crippen LogP contribution in [0.2, 0.25) is 0 Å². The van der Waals surface area contributed by atoms with Gasteiger partial charge in [-0.1, -0.05) is 0 Å². The van der Waals surface area contributed by atoms with Crippen LogP contribution in [0.25, 0.3) is 22.2 Å². The summed E-state index contributed by atoms with van der Waals surface area (Å²) in [5.41, 5.74) is 3.83. The zero-order chi connectivity index (χ0) is 19.0. The van der Waals surface area contributed by atoms with E-state index in [-0.39, 0.29) is 4.90 Å². The van der Waals surface area contributed by atoms with E-state index in [2.05, 4.69) is 14.6 Å². The average molecular weight is 385 g/mol. The molecule has 0 amide bonds. The molecule has 0 spiro atoms. The molecule has 1 fully saturated rings. The number of benzene rings is 2. The molecule has 6 nitrogen and oxygen atoms in total. The van der Waals surface area contributed by atoms with Gasteiger partial charge in [0.2, 0.25) is 10.0 Å². The highest BCUT2D eigenvalue weighted by Crippen LogP contribution is 2.36. The highest BCUT2D eigenvalue weighted by molar-refractivity contribution is 7.89. The van der Waals surface area contributed by atoms with E-state index in [1.807, 2.05) is 30.3 Å². The first-order chi connectivity index (χ1) is 13.0. The third kappa shape index (κ3) is 3.28. The van der Waals surface area contributed by atoms with Crippen molar-refractivity contribution < 1.29 is 13.2 Å².